The van der Waals surface area contributed by atoms with Crippen LogP contribution < -0.4 is 0 Å². The van der Waals surface area contributed by atoms with E-state index in [9.17, 15) is 0 Å². The molecule has 2 atom stereocenters. The molecule has 0 aromatic heterocycles. The fourth-order valence-corrected chi connectivity index (χ4v) is 3.33. The summed E-state index contributed by atoms with van der Waals surface area (Å²) in [6.07, 6.45) is 0. The van der Waals surface area contributed by atoms with Gasteiger partial charge in [0.2, 0.25) is 0 Å². The van der Waals surface area contributed by atoms with Crippen molar-refractivity contribution >= 4 is 0 Å². The van der Waals surface area contributed by atoms with Gasteiger partial charge in [-0.1, -0.05) is 65.8 Å². The van der Waals surface area contributed by atoms with Crippen molar-refractivity contribution in [3.05, 3.63) is 35.4 Å². The highest BCUT2D eigenvalue weighted by Crippen LogP contribution is 2.56. The van der Waals surface area contributed by atoms with Gasteiger partial charge in [0.1, 0.15) is 0 Å². The van der Waals surface area contributed by atoms with Gasteiger partial charge in [-0.3, -0.25) is 0 Å². The minimum atomic E-state index is 0.341. The van der Waals surface area contributed by atoms with E-state index < -0.39 is 0 Å². The predicted octanol–water partition coefficient (Wildman–Crippen LogP) is 4.96. The zero-order valence-corrected chi connectivity index (χ0v) is 11.5. The van der Waals surface area contributed by atoms with Gasteiger partial charge in [0.05, 0.1) is 0 Å². The molecule has 0 saturated heterocycles. The first kappa shape index (κ1) is 11.7. The molecule has 2 rings (SSSR count). The largest absolute Gasteiger partial charge is 0.0617 e. The maximum absolute atomic E-state index is 2.41. The molecule has 0 radical (unpaired) electrons. The van der Waals surface area contributed by atoms with Crippen molar-refractivity contribution in [1.82, 2.24) is 0 Å². The molecule has 0 heteroatoms. The van der Waals surface area contributed by atoms with Gasteiger partial charge in [0.25, 0.3) is 0 Å². The monoisotopic (exact) mass is 216 g/mol. The van der Waals surface area contributed by atoms with Crippen LogP contribution in [0.2, 0.25) is 0 Å². The van der Waals surface area contributed by atoms with Crippen molar-refractivity contribution in [1.29, 1.82) is 0 Å². The summed E-state index contributed by atoms with van der Waals surface area (Å²) in [5.74, 6) is 1.33. The Bertz CT molecular complexity index is 352. The molecule has 0 saturated carbocycles. The summed E-state index contributed by atoms with van der Waals surface area (Å²) < 4.78 is 0. The molecule has 1 aromatic rings. The topological polar surface area (TPSA) is 0 Å². The van der Waals surface area contributed by atoms with Crippen LogP contribution in [0.3, 0.4) is 0 Å². The summed E-state index contributed by atoms with van der Waals surface area (Å²) in [6, 6.07) is 9.22. The first-order valence-electron chi connectivity index (χ1n) is 6.31. The molecule has 0 heterocycles. The Kier molecular flexibility index (Phi) is 2.45. The van der Waals surface area contributed by atoms with Crippen molar-refractivity contribution in [2.24, 2.45) is 10.8 Å². The Balaban J connectivity index is 2.51. The summed E-state index contributed by atoms with van der Waals surface area (Å²) >= 11 is 0. The summed E-state index contributed by atoms with van der Waals surface area (Å²) in [5.41, 5.74) is 3.75. The molecule has 2 unspecified atom stereocenters. The Morgan fingerprint density at radius 2 is 1.12 bits per heavy atom. The van der Waals surface area contributed by atoms with E-state index in [-0.39, 0.29) is 0 Å². The normalized spacial score (nSPS) is 24.9. The SMILES string of the molecule is CC(C)(C)C1c2cccc(c2)C1C(C)(C)C. The molecule has 0 nitrogen and oxygen atoms in total. The summed E-state index contributed by atoms with van der Waals surface area (Å²) in [7, 11) is 0. The maximum atomic E-state index is 2.41. The van der Waals surface area contributed by atoms with Crippen LogP contribution >= 0.6 is 0 Å². The minimum absolute atomic E-state index is 0.341. The third-order valence-electron chi connectivity index (χ3n) is 3.83. The molecule has 16 heavy (non-hydrogen) atoms. The zero-order valence-electron chi connectivity index (χ0n) is 11.5. The van der Waals surface area contributed by atoms with E-state index in [1.54, 1.807) is 0 Å². The summed E-state index contributed by atoms with van der Waals surface area (Å²) in [5, 5.41) is 0. The standard InChI is InChI=1S/C16H24/c1-15(2,3)13-11-8-7-9-12(10-11)14(13)16(4,5)6/h7-10,13-14H,1-6H3. The molecule has 0 fully saturated rings. The molecule has 1 aromatic carbocycles. The number of benzene rings is 1. The van der Waals surface area contributed by atoms with Crippen LogP contribution in [0.5, 0.6) is 0 Å². The van der Waals surface area contributed by atoms with Gasteiger partial charge in [-0.05, 0) is 33.8 Å². The molecule has 88 valence electrons. The Morgan fingerprint density at radius 3 is 1.44 bits per heavy atom. The zero-order chi connectivity index (χ0) is 12.1. The van der Waals surface area contributed by atoms with Gasteiger partial charge in [-0.2, -0.15) is 0 Å². The van der Waals surface area contributed by atoms with Crippen LogP contribution in [-0.4, -0.2) is 0 Å². The van der Waals surface area contributed by atoms with Crippen LogP contribution in [0.1, 0.15) is 64.5 Å². The van der Waals surface area contributed by atoms with Crippen LogP contribution in [-0.2, 0) is 0 Å². The highest BCUT2D eigenvalue weighted by Gasteiger charge is 2.43. The molecule has 2 bridgehead atoms. The quantitative estimate of drug-likeness (QED) is 0.575. The number of hydrogen-bond donors (Lipinski definition) is 0. The molecule has 0 spiro atoms. The highest BCUT2D eigenvalue weighted by molar-refractivity contribution is 5.41. The average molecular weight is 216 g/mol. The maximum Gasteiger partial charge on any atom is -0.00393 e. The minimum Gasteiger partial charge on any atom is -0.0617 e. The highest BCUT2D eigenvalue weighted by atomic mass is 14.5. The second-order valence-corrected chi connectivity index (χ2v) is 7.36. The third kappa shape index (κ3) is 1.79. The van der Waals surface area contributed by atoms with E-state index in [1.165, 1.54) is 11.1 Å². The second kappa shape index (κ2) is 3.35. The molecular weight excluding hydrogens is 192 g/mol. The third-order valence-corrected chi connectivity index (χ3v) is 3.83. The smallest absolute Gasteiger partial charge is 0.00393 e. The van der Waals surface area contributed by atoms with E-state index in [4.69, 9.17) is 0 Å². The lowest BCUT2D eigenvalue weighted by Gasteiger charge is -2.40. The lowest BCUT2D eigenvalue weighted by atomic mass is 9.64. The first-order chi connectivity index (χ1) is 7.21. The van der Waals surface area contributed by atoms with Gasteiger partial charge < -0.3 is 0 Å². The van der Waals surface area contributed by atoms with Gasteiger partial charge >= 0.3 is 0 Å². The van der Waals surface area contributed by atoms with E-state index in [0.717, 1.165) is 0 Å². The van der Waals surface area contributed by atoms with E-state index in [1.807, 2.05) is 0 Å². The lowest BCUT2D eigenvalue weighted by molar-refractivity contribution is 0.196. The van der Waals surface area contributed by atoms with E-state index >= 15 is 0 Å². The van der Waals surface area contributed by atoms with Crippen LogP contribution in [0.25, 0.3) is 0 Å². The Labute approximate surface area is 100 Å². The van der Waals surface area contributed by atoms with E-state index in [2.05, 4.69) is 65.8 Å². The number of hydrogen-bond acceptors (Lipinski definition) is 0. The molecule has 0 aliphatic heterocycles. The molecule has 0 amide bonds. The number of rotatable bonds is 0. The second-order valence-electron chi connectivity index (χ2n) is 7.36. The van der Waals surface area contributed by atoms with Crippen molar-refractivity contribution in [3.8, 4) is 0 Å². The number of fused-ring (bicyclic) bond motifs is 2. The first-order valence-corrected chi connectivity index (χ1v) is 6.31. The predicted molar refractivity (Wildman–Crippen MR) is 70.8 cm³/mol. The van der Waals surface area contributed by atoms with Crippen molar-refractivity contribution < 1.29 is 0 Å². The fourth-order valence-electron chi connectivity index (χ4n) is 3.33. The fraction of sp³-hybridized carbons (Fsp3) is 0.625. The molecule has 1 aliphatic carbocycles. The summed E-state index contributed by atoms with van der Waals surface area (Å²) in [4.78, 5) is 0. The van der Waals surface area contributed by atoms with Crippen LogP contribution in [0.15, 0.2) is 24.3 Å². The Morgan fingerprint density at radius 1 is 0.750 bits per heavy atom. The van der Waals surface area contributed by atoms with Gasteiger partial charge in [0, 0.05) is 0 Å². The molecule has 0 N–H and O–H groups in total. The van der Waals surface area contributed by atoms with Gasteiger partial charge in [0.15, 0.2) is 0 Å². The van der Waals surface area contributed by atoms with Gasteiger partial charge in [-0.25, -0.2) is 0 Å². The average Bonchev–Trinajstić information content (AvgIpc) is 2.35. The summed E-state index contributed by atoms with van der Waals surface area (Å²) in [6.45, 7) is 14.2. The molecular formula is C16H24. The van der Waals surface area contributed by atoms with E-state index in [0.29, 0.717) is 22.7 Å². The Hall–Kier alpha value is -0.780. The van der Waals surface area contributed by atoms with Crippen LogP contribution in [0, 0.1) is 10.8 Å². The van der Waals surface area contributed by atoms with Gasteiger partial charge in [-0.15, -0.1) is 0 Å². The van der Waals surface area contributed by atoms with Crippen molar-refractivity contribution in [2.75, 3.05) is 0 Å². The lowest BCUT2D eigenvalue weighted by Crippen LogP contribution is -2.29. The van der Waals surface area contributed by atoms with Crippen molar-refractivity contribution in [3.63, 3.8) is 0 Å². The molecule has 1 aliphatic rings. The van der Waals surface area contributed by atoms with Crippen molar-refractivity contribution in [2.45, 2.75) is 53.4 Å². The van der Waals surface area contributed by atoms with Crippen LogP contribution in [0.4, 0.5) is 0 Å².